The first-order valence-electron chi connectivity index (χ1n) is 11.2. The van der Waals surface area contributed by atoms with Gasteiger partial charge in [0.1, 0.15) is 11.9 Å². The fourth-order valence-electron chi connectivity index (χ4n) is 5.26. The molecule has 2 aromatic carbocycles. The number of rotatable bonds is 5. The summed E-state index contributed by atoms with van der Waals surface area (Å²) >= 11 is 0. The lowest BCUT2D eigenvalue weighted by Gasteiger charge is -2.23. The number of hydrogen-bond acceptors (Lipinski definition) is 4. The lowest BCUT2D eigenvalue weighted by Crippen LogP contribution is -2.50. The minimum Gasteiger partial charge on any atom is -0.352 e. The number of nitriles is 1. The third-order valence-electron chi connectivity index (χ3n) is 6.95. The van der Waals surface area contributed by atoms with E-state index in [-0.39, 0.29) is 24.3 Å². The molecule has 7 heteroatoms. The molecule has 0 radical (unpaired) electrons. The largest absolute Gasteiger partial charge is 0.352 e. The lowest BCUT2D eigenvalue weighted by atomic mass is 9.94. The Kier molecular flexibility index (Phi) is 5.40. The van der Waals surface area contributed by atoms with Gasteiger partial charge in [0.2, 0.25) is 5.91 Å². The maximum atomic E-state index is 14.9. The van der Waals surface area contributed by atoms with Gasteiger partial charge in [0.25, 0.3) is 5.91 Å². The van der Waals surface area contributed by atoms with Crippen molar-refractivity contribution in [3.63, 3.8) is 0 Å². The van der Waals surface area contributed by atoms with Gasteiger partial charge in [-0.3, -0.25) is 9.59 Å². The molecule has 6 nitrogen and oxygen atoms in total. The molecule has 2 fully saturated rings. The van der Waals surface area contributed by atoms with E-state index >= 15 is 0 Å². The second-order valence-corrected chi connectivity index (χ2v) is 8.99. The highest BCUT2D eigenvalue weighted by molar-refractivity contribution is 5.97. The number of fused-ring (bicyclic) bond motifs is 3. The molecule has 0 aromatic heterocycles. The summed E-state index contributed by atoms with van der Waals surface area (Å²) in [5.41, 5.74) is 3.56. The Morgan fingerprint density at radius 2 is 2.03 bits per heavy atom. The third-order valence-corrected chi connectivity index (χ3v) is 6.95. The summed E-state index contributed by atoms with van der Waals surface area (Å²) in [7, 11) is 0. The quantitative estimate of drug-likeness (QED) is 0.677. The summed E-state index contributed by atoms with van der Waals surface area (Å²) in [4.78, 5) is 24.5. The van der Waals surface area contributed by atoms with Crippen molar-refractivity contribution in [1.29, 1.82) is 5.26 Å². The molecule has 2 bridgehead atoms. The van der Waals surface area contributed by atoms with E-state index in [4.69, 9.17) is 0 Å². The van der Waals surface area contributed by atoms with Crippen LogP contribution in [0.5, 0.6) is 0 Å². The average molecular weight is 432 g/mol. The molecule has 1 saturated heterocycles. The third kappa shape index (κ3) is 3.87. The summed E-state index contributed by atoms with van der Waals surface area (Å²) in [5, 5.41) is 18.5. The zero-order valence-corrected chi connectivity index (χ0v) is 17.7. The SMILES string of the molecule is N#CC(Cc1ccc(-c2ccc3c(c2)CCNC3=O)cc1F)NC(=O)[C@H]1N[C@@H]2CCC1C2. The second-order valence-electron chi connectivity index (χ2n) is 8.99. The Balaban J connectivity index is 1.28. The molecule has 3 N–H and O–H groups in total. The van der Waals surface area contributed by atoms with Crippen LogP contribution in [0, 0.1) is 23.1 Å². The van der Waals surface area contributed by atoms with Crippen LogP contribution in [-0.2, 0) is 17.6 Å². The summed E-state index contributed by atoms with van der Waals surface area (Å²) < 4.78 is 14.9. The molecule has 0 spiro atoms. The lowest BCUT2D eigenvalue weighted by molar-refractivity contribution is -0.124. The number of benzene rings is 2. The van der Waals surface area contributed by atoms with Crippen LogP contribution in [0.1, 0.15) is 40.7 Å². The van der Waals surface area contributed by atoms with Crippen molar-refractivity contribution in [2.45, 2.75) is 50.2 Å². The molecule has 5 rings (SSSR count). The van der Waals surface area contributed by atoms with Gasteiger partial charge in [-0.15, -0.1) is 0 Å². The van der Waals surface area contributed by atoms with Gasteiger partial charge in [-0.2, -0.15) is 5.26 Å². The predicted molar refractivity (Wildman–Crippen MR) is 117 cm³/mol. The van der Waals surface area contributed by atoms with Gasteiger partial charge in [0, 0.05) is 24.6 Å². The highest BCUT2D eigenvalue weighted by atomic mass is 19.1. The van der Waals surface area contributed by atoms with Crippen molar-refractivity contribution in [2.24, 2.45) is 5.92 Å². The first-order valence-corrected chi connectivity index (χ1v) is 11.2. The Bertz CT molecular complexity index is 1130. The number of piperidine rings is 1. The monoisotopic (exact) mass is 432 g/mol. The van der Waals surface area contributed by atoms with Gasteiger partial charge in [-0.1, -0.05) is 24.3 Å². The molecule has 4 atom stereocenters. The summed E-state index contributed by atoms with van der Waals surface area (Å²) in [5.74, 6) is -0.327. The zero-order valence-electron chi connectivity index (χ0n) is 17.7. The van der Waals surface area contributed by atoms with E-state index in [1.54, 1.807) is 12.1 Å². The van der Waals surface area contributed by atoms with Crippen LogP contribution in [0.3, 0.4) is 0 Å². The first-order chi connectivity index (χ1) is 15.5. The molecule has 2 aromatic rings. The van der Waals surface area contributed by atoms with Crippen LogP contribution in [0.15, 0.2) is 36.4 Å². The van der Waals surface area contributed by atoms with Crippen LogP contribution in [0.25, 0.3) is 11.1 Å². The summed E-state index contributed by atoms with van der Waals surface area (Å²) in [6.07, 6.45) is 4.01. The highest BCUT2D eigenvalue weighted by Gasteiger charge is 2.43. The van der Waals surface area contributed by atoms with Crippen molar-refractivity contribution in [2.75, 3.05) is 6.54 Å². The molecule has 1 aliphatic carbocycles. The van der Waals surface area contributed by atoms with Crippen LogP contribution in [0.2, 0.25) is 0 Å². The molecule has 1 saturated carbocycles. The van der Waals surface area contributed by atoms with Crippen LogP contribution < -0.4 is 16.0 Å². The van der Waals surface area contributed by atoms with Gasteiger partial charge >= 0.3 is 0 Å². The smallest absolute Gasteiger partial charge is 0.251 e. The van der Waals surface area contributed by atoms with E-state index in [0.717, 1.165) is 36.8 Å². The summed E-state index contributed by atoms with van der Waals surface area (Å²) in [6, 6.07) is 11.9. The standard InChI is InChI=1S/C25H25FN4O2/c26-22-12-15(14-4-6-21-16(9-14)7-8-28-24(21)31)1-2-17(22)10-20(13-27)30-25(32)23-18-3-5-19(11-18)29-23/h1-2,4,6,9,12,18-20,23,29H,3,5,7-8,10-11H2,(H,28,31)(H,30,32)/t18?,19-,20?,23+/m1/s1. The van der Waals surface area contributed by atoms with Crippen molar-refractivity contribution >= 4 is 11.8 Å². The van der Waals surface area contributed by atoms with Crippen molar-refractivity contribution in [3.8, 4) is 17.2 Å². The van der Waals surface area contributed by atoms with Crippen molar-refractivity contribution in [1.82, 2.24) is 16.0 Å². The second kappa shape index (κ2) is 8.36. The molecule has 2 amide bonds. The van der Waals surface area contributed by atoms with Crippen LogP contribution in [0.4, 0.5) is 4.39 Å². The number of carbonyl (C=O) groups is 2. The summed E-state index contributed by atoms with van der Waals surface area (Å²) in [6.45, 7) is 0.599. The Labute approximate surface area is 186 Å². The zero-order chi connectivity index (χ0) is 22.2. The number of nitrogens with one attached hydrogen (secondary N) is 3. The molecule has 164 valence electrons. The van der Waals surface area contributed by atoms with Gasteiger partial charge in [-0.05, 0) is 66.0 Å². The van der Waals surface area contributed by atoms with Crippen LogP contribution >= 0.6 is 0 Å². The maximum absolute atomic E-state index is 14.9. The van der Waals surface area contributed by atoms with E-state index in [1.165, 1.54) is 6.07 Å². The number of hydrogen-bond donors (Lipinski definition) is 3. The molecular formula is C25H25FN4O2. The Morgan fingerprint density at radius 3 is 2.75 bits per heavy atom. The maximum Gasteiger partial charge on any atom is 0.251 e. The first kappa shape index (κ1) is 20.7. The van der Waals surface area contributed by atoms with E-state index in [1.807, 2.05) is 18.2 Å². The van der Waals surface area contributed by atoms with E-state index in [9.17, 15) is 19.2 Å². The fraction of sp³-hybridized carbons (Fsp3) is 0.400. The van der Waals surface area contributed by atoms with Crippen LogP contribution in [-0.4, -0.2) is 36.5 Å². The van der Waals surface area contributed by atoms with E-state index in [2.05, 4.69) is 22.0 Å². The average Bonchev–Trinajstić information content (AvgIpc) is 3.43. The number of amides is 2. The Morgan fingerprint density at radius 1 is 1.22 bits per heavy atom. The van der Waals surface area contributed by atoms with Crippen molar-refractivity contribution in [3.05, 3.63) is 58.9 Å². The molecule has 2 unspecified atom stereocenters. The Hall–Kier alpha value is -3.24. The molecule has 32 heavy (non-hydrogen) atoms. The highest BCUT2D eigenvalue weighted by Crippen LogP contribution is 2.35. The normalized spacial score (nSPS) is 24.4. The van der Waals surface area contributed by atoms with Gasteiger partial charge < -0.3 is 16.0 Å². The molecule has 2 heterocycles. The number of carbonyl (C=O) groups excluding carboxylic acids is 2. The topological polar surface area (TPSA) is 94.0 Å². The van der Waals surface area contributed by atoms with Gasteiger partial charge in [0.05, 0.1) is 12.1 Å². The molecule has 2 aliphatic heterocycles. The number of halogens is 1. The van der Waals surface area contributed by atoms with E-state index in [0.29, 0.717) is 35.2 Å². The predicted octanol–water partition coefficient (Wildman–Crippen LogP) is 2.47. The van der Waals surface area contributed by atoms with E-state index < -0.39 is 11.9 Å². The molecule has 3 aliphatic rings. The minimum atomic E-state index is -0.786. The minimum absolute atomic E-state index is 0.0791. The molecular weight excluding hydrogens is 407 g/mol. The van der Waals surface area contributed by atoms with Gasteiger partial charge in [0.15, 0.2) is 0 Å². The number of nitrogens with zero attached hydrogens (tertiary/aromatic N) is 1. The van der Waals surface area contributed by atoms with Crippen molar-refractivity contribution < 1.29 is 14.0 Å². The van der Waals surface area contributed by atoms with Gasteiger partial charge in [-0.25, -0.2) is 4.39 Å². The fourth-order valence-corrected chi connectivity index (χ4v) is 5.26.